The van der Waals surface area contributed by atoms with Gasteiger partial charge in [-0.1, -0.05) is 30.3 Å². The maximum Gasteiger partial charge on any atom is 0.414 e. The summed E-state index contributed by atoms with van der Waals surface area (Å²) < 4.78 is 16.1. The van der Waals surface area contributed by atoms with Crippen LogP contribution in [0.4, 0.5) is 10.5 Å². The van der Waals surface area contributed by atoms with Crippen molar-refractivity contribution in [1.82, 2.24) is 0 Å². The molecule has 1 aliphatic heterocycles. The Bertz CT molecular complexity index is 680. The quantitative estimate of drug-likeness (QED) is 0.760. The summed E-state index contributed by atoms with van der Waals surface area (Å²) in [6.45, 7) is 3.32. The summed E-state index contributed by atoms with van der Waals surface area (Å²) in [6, 6.07) is 17.0. The molecule has 1 aliphatic rings. The number of amides is 1. The van der Waals surface area contributed by atoms with E-state index in [9.17, 15) is 4.79 Å². The van der Waals surface area contributed by atoms with E-state index in [2.05, 4.69) is 0 Å². The molecule has 126 valence electrons. The Morgan fingerprint density at radius 1 is 1.17 bits per heavy atom. The largest absolute Gasteiger partial charge is 0.497 e. The predicted octanol–water partition coefficient (Wildman–Crippen LogP) is 3.63. The van der Waals surface area contributed by atoms with Crippen molar-refractivity contribution in [3.8, 4) is 5.75 Å². The molecule has 1 saturated heterocycles. The molecule has 2 aromatic rings. The molecule has 1 atom stereocenters. The van der Waals surface area contributed by atoms with Gasteiger partial charge in [0.05, 0.1) is 20.3 Å². The first-order valence-electron chi connectivity index (χ1n) is 7.86. The summed E-state index contributed by atoms with van der Waals surface area (Å²) in [5.41, 5.74) is 1.41. The SMILES string of the molecule is COc1ccc(N(CC2(C)CO2)C(=O)OCc2ccccc2)cc1. The lowest BCUT2D eigenvalue weighted by molar-refractivity contribution is 0.145. The number of benzene rings is 2. The number of carbonyl (C=O) groups excluding carboxylic acids is 1. The first-order valence-corrected chi connectivity index (χ1v) is 7.86. The van der Waals surface area contributed by atoms with Crippen LogP contribution < -0.4 is 9.64 Å². The maximum atomic E-state index is 12.6. The summed E-state index contributed by atoms with van der Waals surface area (Å²) in [7, 11) is 1.61. The zero-order valence-electron chi connectivity index (χ0n) is 13.9. The first-order chi connectivity index (χ1) is 11.6. The lowest BCUT2D eigenvalue weighted by Gasteiger charge is -2.24. The van der Waals surface area contributed by atoms with Gasteiger partial charge in [-0.15, -0.1) is 0 Å². The normalized spacial score (nSPS) is 18.8. The highest BCUT2D eigenvalue weighted by Crippen LogP contribution is 2.30. The van der Waals surface area contributed by atoms with E-state index >= 15 is 0 Å². The number of hydrogen-bond donors (Lipinski definition) is 0. The average molecular weight is 327 g/mol. The van der Waals surface area contributed by atoms with Gasteiger partial charge >= 0.3 is 6.09 Å². The van der Waals surface area contributed by atoms with Gasteiger partial charge in [-0.25, -0.2) is 4.79 Å². The Kier molecular flexibility index (Phi) is 4.71. The fraction of sp³-hybridized carbons (Fsp3) is 0.316. The summed E-state index contributed by atoms with van der Waals surface area (Å²) in [5.74, 6) is 0.741. The maximum absolute atomic E-state index is 12.6. The van der Waals surface area contributed by atoms with Gasteiger partial charge in [0.25, 0.3) is 0 Å². The molecule has 2 aromatic carbocycles. The minimum absolute atomic E-state index is 0.240. The molecule has 0 aromatic heterocycles. The molecule has 0 saturated carbocycles. The van der Waals surface area contributed by atoms with Crippen LogP contribution in [-0.4, -0.2) is 32.0 Å². The third-order valence-corrected chi connectivity index (χ3v) is 3.94. The van der Waals surface area contributed by atoms with Crippen LogP contribution >= 0.6 is 0 Å². The Morgan fingerprint density at radius 2 is 1.83 bits per heavy atom. The van der Waals surface area contributed by atoms with Gasteiger partial charge in [-0.3, -0.25) is 4.90 Å². The lowest BCUT2D eigenvalue weighted by atomic mass is 10.2. The Labute approximate surface area is 141 Å². The molecule has 0 bridgehead atoms. The molecule has 1 unspecified atom stereocenters. The van der Waals surface area contributed by atoms with Crippen molar-refractivity contribution >= 4 is 11.8 Å². The molecule has 0 radical (unpaired) electrons. The number of methoxy groups -OCH3 is 1. The molecule has 1 fully saturated rings. The lowest BCUT2D eigenvalue weighted by Crippen LogP contribution is -2.38. The molecule has 24 heavy (non-hydrogen) atoms. The van der Waals surface area contributed by atoms with E-state index in [1.54, 1.807) is 12.0 Å². The first kappa shape index (κ1) is 16.3. The van der Waals surface area contributed by atoms with Gasteiger partial charge in [0.1, 0.15) is 18.0 Å². The van der Waals surface area contributed by atoms with Crippen LogP contribution in [0.25, 0.3) is 0 Å². The second kappa shape index (κ2) is 6.93. The second-order valence-corrected chi connectivity index (χ2v) is 6.06. The minimum atomic E-state index is -0.388. The summed E-state index contributed by atoms with van der Waals surface area (Å²) in [6.07, 6.45) is -0.388. The standard InChI is InChI=1S/C19H21NO4/c1-19(14-24-19)13-20(16-8-10-17(22-2)11-9-16)18(21)23-12-15-6-4-3-5-7-15/h3-11H,12-14H2,1-2H3. The van der Waals surface area contributed by atoms with E-state index in [0.717, 1.165) is 17.0 Å². The highest BCUT2D eigenvalue weighted by molar-refractivity contribution is 5.88. The van der Waals surface area contributed by atoms with Crippen LogP contribution in [0, 0.1) is 0 Å². The van der Waals surface area contributed by atoms with Gasteiger partial charge in [-0.05, 0) is 36.8 Å². The zero-order chi connectivity index (χ0) is 17.0. The summed E-state index contributed by atoms with van der Waals surface area (Å²) >= 11 is 0. The van der Waals surface area contributed by atoms with Crippen LogP contribution in [0.1, 0.15) is 12.5 Å². The van der Waals surface area contributed by atoms with Crippen molar-refractivity contribution in [2.75, 3.05) is 25.2 Å². The number of carbonyl (C=O) groups is 1. The smallest absolute Gasteiger partial charge is 0.414 e. The Morgan fingerprint density at radius 3 is 2.42 bits per heavy atom. The van der Waals surface area contributed by atoms with E-state index < -0.39 is 0 Å². The van der Waals surface area contributed by atoms with Gasteiger partial charge in [-0.2, -0.15) is 0 Å². The molecular formula is C19H21NO4. The average Bonchev–Trinajstić information content (AvgIpc) is 3.36. The van der Waals surface area contributed by atoms with Crippen molar-refractivity contribution < 1.29 is 19.0 Å². The van der Waals surface area contributed by atoms with Crippen molar-refractivity contribution in [1.29, 1.82) is 0 Å². The molecule has 5 nitrogen and oxygen atoms in total. The van der Waals surface area contributed by atoms with E-state index in [4.69, 9.17) is 14.2 Å². The van der Waals surface area contributed by atoms with Crippen LogP contribution in [0.3, 0.4) is 0 Å². The van der Waals surface area contributed by atoms with Crippen LogP contribution in [0.2, 0.25) is 0 Å². The third-order valence-electron chi connectivity index (χ3n) is 3.94. The van der Waals surface area contributed by atoms with Crippen molar-refractivity contribution in [3.05, 3.63) is 60.2 Å². The molecular weight excluding hydrogens is 306 g/mol. The molecule has 0 aliphatic carbocycles. The van der Waals surface area contributed by atoms with Crippen molar-refractivity contribution in [3.63, 3.8) is 0 Å². The fourth-order valence-corrected chi connectivity index (χ4v) is 2.37. The summed E-state index contributed by atoms with van der Waals surface area (Å²) in [4.78, 5) is 14.2. The Balaban J connectivity index is 1.72. The van der Waals surface area contributed by atoms with E-state index in [1.807, 2.05) is 61.5 Å². The topological polar surface area (TPSA) is 51.3 Å². The second-order valence-electron chi connectivity index (χ2n) is 6.06. The van der Waals surface area contributed by atoms with Crippen molar-refractivity contribution in [2.45, 2.75) is 19.1 Å². The number of ether oxygens (including phenoxy) is 3. The molecule has 0 spiro atoms. The molecule has 0 N–H and O–H groups in total. The molecule has 1 heterocycles. The zero-order valence-corrected chi connectivity index (χ0v) is 13.9. The molecule has 3 rings (SSSR count). The van der Waals surface area contributed by atoms with E-state index in [0.29, 0.717) is 13.2 Å². The van der Waals surface area contributed by atoms with E-state index in [1.165, 1.54) is 0 Å². The van der Waals surface area contributed by atoms with Gasteiger partial charge in [0.15, 0.2) is 0 Å². The van der Waals surface area contributed by atoms with Gasteiger partial charge in [0.2, 0.25) is 0 Å². The minimum Gasteiger partial charge on any atom is -0.497 e. The number of epoxide rings is 1. The van der Waals surface area contributed by atoms with Crippen LogP contribution in [0.5, 0.6) is 5.75 Å². The fourth-order valence-electron chi connectivity index (χ4n) is 2.37. The number of anilines is 1. The predicted molar refractivity (Wildman–Crippen MR) is 91.3 cm³/mol. The number of nitrogens with zero attached hydrogens (tertiary/aromatic N) is 1. The van der Waals surface area contributed by atoms with Crippen molar-refractivity contribution in [2.24, 2.45) is 0 Å². The highest BCUT2D eigenvalue weighted by atomic mass is 16.6. The summed E-state index contributed by atoms with van der Waals surface area (Å²) in [5, 5.41) is 0. The Hall–Kier alpha value is -2.53. The number of hydrogen-bond acceptors (Lipinski definition) is 4. The number of rotatable bonds is 6. The van der Waals surface area contributed by atoms with Gasteiger partial charge in [0, 0.05) is 5.69 Å². The van der Waals surface area contributed by atoms with E-state index in [-0.39, 0.29) is 18.3 Å². The monoisotopic (exact) mass is 327 g/mol. The van der Waals surface area contributed by atoms with Gasteiger partial charge < -0.3 is 14.2 Å². The van der Waals surface area contributed by atoms with Crippen LogP contribution in [-0.2, 0) is 16.1 Å². The molecule has 5 heteroatoms. The molecule has 1 amide bonds. The van der Waals surface area contributed by atoms with Crippen LogP contribution in [0.15, 0.2) is 54.6 Å². The highest BCUT2D eigenvalue weighted by Gasteiger charge is 2.42. The third kappa shape index (κ3) is 4.06.